The molecular formula is C30H39BN2O4. The monoisotopic (exact) mass is 502 g/mol. The number of rotatable bonds is 8. The van der Waals surface area contributed by atoms with Crippen LogP contribution in [-0.2, 0) is 31.7 Å². The van der Waals surface area contributed by atoms with Gasteiger partial charge in [-0.05, 0) is 61.5 Å². The Bertz CT molecular complexity index is 1140. The fourth-order valence-corrected chi connectivity index (χ4v) is 6.85. The molecule has 0 spiro atoms. The topological polar surface area (TPSA) is 76.7 Å². The highest BCUT2D eigenvalue weighted by Gasteiger charge is 2.68. The van der Waals surface area contributed by atoms with Crippen molar-refractivity contribution < 1.29 is 18.9 Å². The van der Waals surface area contributed by atoms with Crippen molar-refractivity contribution in [3.05, 3.63) is 71.3 Å². The lowest BCUT2D eigenvalue weighted by Crippen LogP contribution is -2.65. The summed E-state index contributed by atoms with van der Waals surface area (Å²) >= 11 is 0. The molecule has 1 aliphatic heterocycles. The minimum absolute atomic E-state index is 0.0298. The van der Waals surface area contributed by atoms with Gasteiger partial charge in [0.15, 0.2) is 0 Å². The third-order valence-electron chi connectivity index (χ3n) is 9.18. The number of amides is 2. The third-order valence-corrected chi connectivity index (χ3v) is 9.18. The van der Waals surface area contributed by atoms with E-state index in [1.807, 2.05) is 30.3 Å². The van der Waals surface area contributed by atoms with Gasteiger partial charge in [0.25, 0.3) is 0 Å². The van der Waals surface area contributed by atoms with Gasteiger partial charge in [-0.25, -0.2) is 0 Å². The van der Waals surface area contributed by atoms with Crippen molar-refractivity contribution in [2.24, 2.45) is 17.3 Å². The molecule has 2 bridgehead atoms. The van der Waals surface area contributed by atoms with Crippen LogP contribution in [0.3, 0.4) is 0 Å². The van der Waals surface area contributed by atoms with E-state index in [4.69, 9.17) is 9.31 Å². The average Bonchev–Trinajstić information content (AvgIpc) is 3.22. The van der Waals surface area contributed by atoms with E-state index < -0.39 is 13.2 Å². The second kappa shape index (κ2) is 9.92. The summed E-state index contributed by atoms with van der Waals surface area (Å²) in [6.07, 6.45) is 3.18. The van der Waals surface area contributed by atoms with Gasteiger partial charge in [-0.3, -0.25) is 9.59 Å². The molecule has 6 rings (SSSR count). The summed E-state index contributed by atoms with van der Waals surface area (Å²) in [4.78, 5) is 25.6. The average molecular weight is 502 g/mol. The SMILES string of the molecule is CC(=O)N[C@@H](Cc1ccccc1)C(=O)N[C@@H](Cc1ccc(C)cc1)B1O[C@@H]2C[C@@H]3C[C@@H](C3(C)C)[C@]2(C)O1. The lowest BCUT2D eigenvalue weighted by atomic mass is 9.43. The van der Waals surface area contributed by atoms with Crippen molar-refractivity contribution in [1.29, 1.82) is 0 Å². The smallest absolute Gasteiger partial charge is 0.404 e. The molecule has 37 heavy (non-hydrogen) atoms. The van der Waals surface area contributed by atoms with Crippen LogP contribution in [0.5, 0.6) is 0 Å². The summed E-state index contributed by atoms with van der Waals surface area (Å²) in [6.45, 7) is 10.4. The van der Waals surface area contributed by atoms with Crippen LogP contribution in [0.4, 0.5) is 0 Å². The highest BCUT2D eigenvalue weighted by molar-refractivity contribution is 6.48. The predicted octanol–water partition coefficient (Wildman–Crippen LogP) is 4.04. The van der Waals surface area contributed by atoms with Crippen LogP contribution < -0.4 is 10.6 Å². The highest BCUT2D eigenvalue weighted by atomic mass is 16.7. The van der Waals surface area contributed by atoms with Crippen LogP contribution in [0.1, 0.15) is 57.2 Å². The molecular weight excluding hydrogens is 463 g/mol. The summed E-state index contributed by atoms with van der Waals surface area (Å²) in [6, 6.07) is 17.4. The van der Waals surface area contributed by atoms with E-state index in [1.54, 1.807) is 0 Å². The Labute approximate surface area is 221 Å². The fraction of sp³-hybridized carbons (Fsp3) is 0.533. The first-order valence-corrected chi connectivity index (χ1v) is 13.6. The molecule has 3 aliphatic carbocycles. The van der Waals surface area contributed by atoms with Crippen LogP contribution in [-0.4, -0.2) is 42.6 Å². The first kappa shape index (κ1) is 26.0. The fourth-order valence-electron chi connectivity index (χ4n) is 6.85. The zero-order valence-electron chi connectivity index (χ0n) is 22.6. The molecule has 0 aromatic heterocycles. The van der Waals surface area contributed by atoms with Crippen LogP contribution >= 0.6 is 0 Å². The number of hydrogen-bond donors (Lipinski definition) is 2. The van der Waals surface area contributed by atoms with Crippen molar-refractivity contribution in [2.45, 2.75) is 84.0 Å². The van der Waals surface area contributed by atoms with Crippen LogP contribution in [0.25, 0.3) is 0 Å². The zero-order valence-corrected chi connectivity index (χ0v) is 22.6. The van der Waals surface area contributed by atoms with Crippen molar-refractivity contribution in [3.63, 3.8) is 0 Å². The first-order valence-electron chi connectivity index (χ1n) is 13.6. The maximum atomic E-state index is 13.6. The van der Waals surface area contributed by atoms with Crippen LogP contribution in [0.2, 0.25) is 0 Å². The van der Waals surface area contributed by atoms with Gasteiger partial charge in [0.05, 0.1) is 17.6 Å². The predicted molar refractivity (Wildman–Crippen MR) is 145 cm³/mol. The molecule has 4 fully saturated rings. The largest absolute Gasteiger partial charge is 0.482 e. The maximum Gasteiger partial charge on any atom is 0.482 e. The molecule has 7 heteroatoms. The van der Waals surface area contributed by atoms with Gasteiger partial charge in [-0.2, -0.15) is 0 Å². The molecule has 2 aromatic carbocycles. The lowest BCUT2D eigenvalue weighted by molar-refractivity contribution is -0.199. The summed E-state index contributed by atoms with van der Waals surface area (Å²) in [5.41, 5.74) is 3.16. The molecule has 6 nitrogen and oxygen atoms in total. The van der Waals surface area contributed by atoms with E-state index in [1.165, 1.54) is 18.9 Å². The molecule has 0 unspecified atom stereocenters. The third kappa shape index (κ3) is 5.08. The summed E-state index contributed by atoms with van der Waals surface area (Å²) < 4.78 is 13.3. The minimum atomic E-state index is -0.688. The van der Waals surface area contributed by atoms with Gasteiger partial charge < -0.3 is 19.9 Å². The number of carbonyl (C=O) groups is 2. The van der Waals surface area contributed by atoms with Gasteiger partial charge in [0.1, 0.15) is 6.04 Å². The van der Waals surface area contributed by atoms with Crippen molar-refractivity contribution in [2.75, 3.05) is 0 Å². The molecule has 2 N–H and O–H groups in total. The Hall–Kier alpha value is -2.64. The Morgan fingerprint density at radius 1 is 0.973 bits per heavy atom. The van der Waals surface area contributed by atoms with Crippen molar-refractivity contribution in [3.8, 4) is 0 Å². The molecule has 1 saturated heterocycles. The summed E-state index contributed by atoms with van der Waals surface area (Å²) in [5.74, 6) is 0.242. The second-order valence-electron chi connectivity index (χ2n) is 12.1. The summed E-state index contributed by atoms with van der Waals surface area (Å²) in [5, 5.41) is 6.06. The van der Waals surface area contributed by atoms with E-state index in [9.17, 15) is 9.59 Å². The van der Waals surface area contributed by atoms with Crippen LogP contribution in [0.15, 0.2) is 54.6 Å². The normalized spacial score (nSPS) is 29.0. The molecule has 196 valence electrons. The number of carbonyl (C=O) groups excluding carboxylic acids is 2. The Morgan fingerprint density at radius 3 is 2.30 bits per heavy atom. The summed E-state index contributed by atoms with van der Waals surface area (Å²) in [7, 11) is -0.551. The highest BCUT2D eigenvalue weighted by Crippen LogP contribution is 2.65. The number of hydrogen-bond acceptors (Lipinski definition) is 4. The maximum absolute atomic E-state index is 13.6. The van der Waals surface area contributed by atoms with Crippen molar-refractivity contribution in [1.82, 2.24) is 10.6 Å². The molecule has 6 atom stereocenters. The van der Waals surface area contributed by atoms with Gasteiger partial charge in [0.2, 0.25) is 11.8 Å². The van der Waals surface area contributed by atoms with Gasteiger partial charge >= 0.3 is 7.12 Å². The van der Waals surface area contributed by atoms with Gasteiger partial charge in [-0.15, -0.1) is 0 Å². The van der Waals surface area contributed by atoms with Gasteiger partial charge in [-0.1, -0.05) is 74.0 Å². The standard InChI is InChI=1S/C30H39BN2O4/c1-19-11-13-22(14-12-19)16-27(31-36-26-18-23-17-25(29(23,3)4)30(26,5)37-31)33-28(35)24(32-20(2)34)15-21-9-7-6-8-10-21/h6-14,23-27H,15-18H2,1-5H3,(H,32,34)(H,33,35)/t23-,24-,25-,26+,27-,30-/m0/s1. The van der Waals surface area contributed by atoms with E-state index >= 15 is 0 Å². The van der Waals surface area contributed by atoms with E-state index in [0.29, 0.717) is 24.7 Å². The first-order chi connectivity index (χ1) is 17.6. The molecule has 0 radical (unpaired) electrons. The number of nitrogens with one attached hydrogen (secondary N) is 2. The van der Waals surface area contributed by atoms with E-state index in [2.05, 4.69) is 62.6 Å². The Balaban J connectivity index is 1.37. The molecule has 3 saturated carbocycles. The lowest BCUT2D eigenvalue weighted by Gasteiger charge is -2.64. The minimum Gasteiger partial charge on any atom is -0.404 e. The zero-order chi connectivity index (χ0) is 26.4. The quantitative estimate of drug-likeness (QED) is 0.535. The van der Waals surface area contributed by atoms with Crippen LogP contribution in [0, 0.1) is 24.2 Å². The Kier molecular flexibility index (Phi) is 6.97. The van der Waals surface area contributed by atoms with Crippen molar-refractivity contribution >= 4 is 18.9 Å². The van der Waals surface area contributed by atoms with E-state index in [0.717, 1.165) is 17.5 Å². The van der Waals surface area contributed by atoms with Gasteiger partial charge in [0, 0.05) is 13.3 Å². The molecule has 1 heterocycles. The number of benzene rings is 2. The molecule has 2 aromatic rings. The second-order valence-corrected chi connectivity index (χ2v) is 12.1. The Morgan fingerprint density at radius 2 is 1.65 bits per heavy atom. The molecule has 2 amide bonds. The van der Waals surface area contributed by atoms with E-state index in [-0.39, 0.29) is 34.9 Å². The number of aryl methyl sites for hydroxylation is 1. The molecule has 4 aliphatic rings.